The summed E-state index contributed by atoms with van der Waals surface area (Å²) in [6, 6.07) is 26.7. The van der Waals surface area contributed by atoms with Gasteiger partial charge in [-0.2, -0.15) is 0 Å². The monoisotopic (exact) mass is 769 g/mol. The first-order chi connectivity index (χ1) is 23.0. The van der Waals surface area contributed by atoms with Crippen molar-refractivity contribution in [1.82, 2.24) is 10.2 Å². The van der Waals surface area contributed by atoms with Gasteiger partial charge >= 0.3 is 0 Å². The van der Waals surface area contributed by atoms with E-state index < -0.39 is 28.5 Å². The lowest BCUT2D eigenvalue weighted by Gasteiger charge is -2.35. The molecule has 5 rings (SSSR count). The third-order valence-electron chi connectivity index (χ3n) is 8.58. The van der Waals surface area contributed by atoms with Crippen molar-refractivity contribution in [1.29, 1.82) is 0 Å². The molecule has 1 atom stereocenters. The summed E-state index contributed by atoms with van der Waals surface area (Å²) < 4.78 is 30.3. The average molecular weight is 772 g/mol. The number of anilines is 1. The Labute approximate surface area is 301 Å². The topological polar surface area (TPSA) is 86.8 Å². The highest BCUT2D eigenvalue weighted by Gasteiger charge is 2.35. The number of hydrogen-bond donors (Lipinski definition) is 1. The van der Waals surface area contributed by atoms with Gasteiger partial charge in [0.05, 0.1) is 10.6 Å². The van der Waals surface area contributed by atoms with E-state index in [9.17, 15) is 18.0 Å². The van der Waals surface area contributed by atoms with Crippen molar-refractivity contribution in [2.45, 2.75) is 69.0 Å². The second kappa shape index (κ2) is 16.4. The number of rotatable bonds is 12. The summed E-state index contributed by atoms with van der Waals surface area (Å²) in [4.78, 5) is 30.4. The lowest BCUT2D eigenvalue weighted by atomic mass is 9.94. The van der Waals surface area contributed by atoms with E-state index in [-0.39, 0.29) is 29.8 Å². The van der Waals surface area contributed by atoms with E-state index in [1.54, 1.807) is 54.6 Å². The van der Waals surface area contributed by atoms with E-state index >= 15 is 0 Å². The van der Waals surface area contributed by atoms with Gasteiger partial charge in [-0.3, -0.25) is 13.9 Å². The molecule has 0 heterocycles. The smallest absolute Gasteiger partial charge is 0.264 e. The highest BCUT2D eigenvalue weighted by atomic mass is 79.9. The Morgan fingerprint density at radius 3 is 2.21 bits per heavy atom. The fourth-order valence-electron chi connectivity index (χ4n) is 5.91. The maximum atomic E-state index is 14.7. The van der Waals surface area contributed by atoms with Crippen LogP contribution in [0.5, 0.6) is 0 Å². The highest BCUT2D eigenvalue weighted by Crippen LogP contribution is 2.28. The fourth-order valence-corrected chi connectivity index (χ4v) is 8.05. The number of nitrogens with zero attached hydrogens (tertiary/aromatic N) is 2. The van der Waals surface area contributed by atoms with Crippen molar-refractivity contribution in [3.05, 3.63) is 128 Å². The average Bonchev–Trinajstić information content (AvgIpc) is 3.07. The summed E-state index contributed by atoms with van der Waals surface area (Å²) in [5, 5.41) is 3.98. The lowest BCUT2D eigenvalue weighted by Crippen LogP contribution is -2.55. The van der Waals surface area contributed by atoms with Crippen LogP contribution in [0, 0.1) is 6.92 Å². The number of nitrogens with one attached hydrogen (secondary N) is 1. The van der Waals surface area contributed by atoms with Crippen LogP contribution in [-0.4, -0.2) is 43.8 Å². The Morgan fingerprint density at radius 1 is 0.896 bits per heavy atom. The largest absolute Gasteiger partial charge is 0.352 e. The molecule has 1 unspecified atom stereocenters. The Hall–Kier alpha value is -3.37. The van der Waals surface area contributed by atoms with Gasteiger partial charge in [0.1, 0.15) is 12.6 Å². The molecule has 0 radical (unpaired) electrons. The summed E-state index contributed by atoms with van der Waals surface area (Å²) in [6.07, 6.45) is 5.13. The minimum absolute atomic E-state index is 0.00164. The molecule has 1 aliphatic carbocycles. The van der Waals surface area contributed by atoms with Crippen LogP contribution in [0.4, 0.5) is 5.69 Å². The number of halogens is 3. The summed E-state index contributed by atoms with van der Waals surface area (Å²) in [6.45, 7) is 1.28. The zero-order chi connectivity index (χ0) is 34.3. The molecule has 0 aliphatic heterocycles. The molecule has 252 valence electrons. The molecule has 1 saturated carbocycles. The number of benzene rings is 4. The van der Waals surface area contributed by atoms with Gasteiger partial charge in [-0.25, -0.2) is 8.42 Å². The van der Waals surface area contributed by atoms with Crippen LogP contribution in [0.3, 0.4) is 0 Å². The molecule has 11 heteroatoms. The molecule has 0 spiro atoms. The van der Waals surface area contributed by atoms with Crippen LogP contribution in [-0.2, 0) is 32.6 Å². The molecule has 48 heavy (non-hydrogen) atoms. The second-order valence-corrected chi connectivity index (χ2v) is 15.7. The third kappa shape index (κ3) is 9.20. The van der Waals surface area contributed by atoms with E-state index in [1.165, 1.54) is 17.0 Å². The van der Waals surface area contributed by atoms with Crippen LogP contribution in [0.1, 0.15) is 48.8 Å². The van der Waals surface area contributed by atoms with Crippen molar-refractivity contribution in [2.24, 2.45) is 0 Å². The zero-order valence-corrected chi connectivity index (χ0v) is 30.5. The predicted molar refractivity (Wildman–Crippen MR) is 196 cm³/mol. The molecule has 0 aromatic heterocycles. The predicted octanol–water partition coefficient (Wildman–Crippen LogP) is 8.35. The number of carbonyl (C=O) groups is 2. The Morgan fingerprint density at radius 2 is 1.56 bits per heavy atom. The van der Waals surface area contributed by atoms with Crippen LogP contribution in [0.2, 0.25) is 10.0 Å². The first-order valence-electron chi connectivity index (χ1n) is 15.9. The van der Waals surface area contributed by atoms with Gasteiger partial charge in [0.2, 0.25) is 11.8 Å². The van der Waals surface area contributed by atoms with Gasteiger partial charge in [0.25, 0.3) is 10.0 Å². The molecule has 2 amide bonds. The van der Waals surface area contributed by atoms with Crippen molar-refractivity contribution in [2.75, 3.05) is 10.8 Å². The molecule has 1 fully saturated rings. The molecule has 4 aromatic rings. The molecule has 0 saturated heterocycles. The molecular formula is C37H38BrCl2N3O4S. The van der Waals surface area contributed by atoms with Gasteiger partial charge in [-0.15, -0.1) is 0 Å². The summed E-state index contributed by atoms with van der Waals surface area (Å²) >= 11 is 16.2. The van der Waals surface area contributed by atoms with E-state index in [2.05, 4.69) is 21.2 Å². The molecule has 1 N–H and O–H groups in total. The summed E-state index contributed by atoms with van der Waals surface area (Å²) in [7, 11) is -4.20. The Kier molecular flexibility index (Phi) is 12.2. The number of hydrogen-bond acceptors (Lipinski definition) is 4. The standard InChI is InChI=1S/C37H38BrCl2N3O4S/c1-26-12-20-33(21-13-26)48(46,47)43(32-18-15-29(38)16-19-32)25-36(44)42(24-28-14-17-30(39)23-34(28)40)35(22-27-8-4-2-5-9-27)37(45)41-31-10-6-3-7-11-31/h2,4-5,8-9,12-21,23,31,35H,3,6-7,10-11,22,24-25H2,1H3,(H,41,45). The van der Waals surface area contributed by atoms with Crippen molar-refractivity contribution >= 4 is 66.7 Å². The zero-order valence-electron chi connectivity index (χ0n) is 26.6. The molecular weight excluding hydrogens is 733 g/mol. The van der Waals surface area contributed by atoms with E-state index in [0.717, 1.165) is 52.0 Å². The number of carbonyl (C=O) groups excluding carboxylic acids is 2. The van der Waals surface area contributed by atoms with Crippen LogP contribution >= 0.6 is 39.1 Å². The maximum Gasteiger partial charge on any atom is 0.264 e. The van der Waals surface area contributed by atoms with Crippen LogP contribution in [0.25, 0.3) is 0 Å². The molecule has 1 aliphatic rings. The summed E-state index contributed by atoms with van der Waals surface area (Å²) in [5.41, 5.74) is 2.65. The summed E-state index contributed by atoms with van der Waals surface area (Å²) in [5.74, 6) is -0.847. The van der Waals surface area contributed by atoms with E-state index in [1.807, 2.05) is 37.3 Å². The third-order valence-corrected chi connectivity index (χ3v) is 11.5. The lowest BCUT2D eigenvalue weighted by molar-refractivity contribution is -0.140. The van der Waals surface area contributed by atoms with E-state index in [0.29, 0.717) is 21.3 Å². The first kappa shape index (κ1) is 35.9. The SMILES string of the molecule is Cc1ccc(S(=O)(=O)N(CC(=O)N(Cc2ccc(Cl)cc2Cl)C(Cc2ccccc2)C(=O)NC2CCCCC2)c2ccc(Br)cc2)cc1. The van der Waals surface area contributed by atoms with E-state index in [4.69, 9.17) is 23.2 Å². The molecule has 7 nitrogen and oxygen atoms in total. The Bertz CT molecular complexity index is 1820. The quantitative estimate of drug-likeness (QED) is 0.157. The highest BCUT2D eigenvalue weighted by molar-refractivity contribution is 9.10. The normalized spacial score (nSPS) is 14.2. The molecule has 4 aromatic carbocycles. The van der Waals surface area contributed by atoms with Crippen molar-refractivity contribution in [3.8, 4) is 0 Å². The van der Waals surface area contributed by atoms with Crippen molar-refractivity contribution in [3.63, 3.8) is 0 Å². The second-order valence-electron chi connectivity index (χ2n) is 12.1. The first-order valence-corrected chi connectivity index (χ1v) is 18.9. The van der Waals surface area contributed by atoms with Crippen LogP contribution < -0.4 is 9.62 Å². The number of amides is 2. The minimum Gasteiger partial charge on any atom is -0.352 e. The number of sulfonamides is 1. The van der Waals surface area contributed by atoms with Gasteiger partial charge in [0.15, 0.2) is 0 Å². The molecule has 0 bridgehead atoms. The van der Waals surface area contributed by atoms with Gasteiger partial charge in [-0.1, -0.05) is 112 Å². The van der Waals surface area contributed by atoms with Gasteiger partial charge in [0, 0.05) is 33.5 Å². The van der Waals surface area contributed by atoms with Crippen molar-refractivity contribution < 1.29 is 18.0 Å². The maximum absolute atomic E-state index is 14.7. The number of aryl methyl sites for hydroxylation is 1. The minimum atomic E-state index is -4.20. The fraction of sp³-hybridized carbons (Fsp3) is 0.297. The van der Waals surface area contributed by atoms with Gasteiger partial charge in [-0.05, 0) is 79.4 Å². The van der Waals surface area contributed by atoms with Gasteiger partial charge < -0.3 is 10.2 Å². The Balaban J connectivity index is 1.57. The van der Waals surface area contributed by atoms with Crippen LogP contribution in [0.15, 0.2) is 106 Å².